The molecule has 0 spiro atoms. The van der Waals surface area contributed by atoms with E-state index in [1.54, 1.807) is 17.5 Å². The number of anilines is 2. The molecule has 0 amide bonds. The van der Waals surface area contributed by atoms with Gasteiger partial charge in [0, 0.05) is 48.7 Å². The van der Waals surface area contributed by atoms with Crippen molar-refractivity contribution in [1.29, 1.82) is 5.26 Å². The third-order valence-corrected chi connectivity index (χ3v) is 6.87. The minimum Gasteiger partial charge on any atom is -0.355 e. The lowest BCUT2D eigenvalue weighted by Gasteiger charge is -2.22. The highest BCUT2D eigenvalue weighted by atomic mass is 79.9. The Balaban J connectivity index is 1.34. The summed E-state index contributed by atoms with van der Waals surface area (Å²) in [5.74, 6) is 2.03. The van der Waals surface area contributed by atoms with Gasteiger partial charge in [0.05, 0.1) is 15.8 Å². The number of aromatic nitrogens is 2. The number of halogens is 1. The molecule has 2 fully saturated rings. The van der Waals surface area contributed by atoms with Crippen LogP contribution in [0.1, 0.15) is 5.56 Å². The molecule has 5 rings (SSSR count). The number of hydrogen-bond donors (Lipinski definition) is 0. The van der Waals surface area contributed by atoms with Crippen molar-refractivity contribution >= 4 is 48.4 Å². The van der Waals surface area contributed by atoms with Crippen LogP contribution < -0.4 is 9.80 Å². The second-order valence-electron chi connectivity index (χ2n) is 6.92. The normalized spacial score (nSPS) is 22.0. The smallest absolute Gasteiger partial charge is 0.186 e. The number of thiazole rings is 1. The third-order valence-electron chi connectivity index (χ3n) is 5.30. The molecular formula is C19H16BrN5S. The van der Waals surface area contributed by atoms with Crippen molar-refractivity contribution in [3.63, 3.8) is 0 Å². The lowest BCUT2D eigenvalue weighted by Crippen LogP contribution is -2.29. The molecule has 0 saturated carbocycles. The average Bonchev–Trinajstić information content (AvgIpc) is 3.33. The van der Waals surface area contributed by atoms with Crippen LogP contribution in [0.25, 0.3) is 10.2 Å². The summed E-state index contributed by atoms with van der Waals surface area (Å²) in [7, 11) is 0. The van der Waals surface area contributed by atoms with Gasteiger partial charge in [0.15, 0.2) is 5.13 Å². The fraction of sp³-hybridized carbons (Fsp3) is 0.316. The Kier molecular flexibility index (Phi) is 3.84. The molecule has 5 nitrogen and oxygen atoms in total. The lowest BCUT2D eigenvalue weighted by molar-refractivity contribution is 0.533. The summed E-state index contributed by atoms with van der Waals surface area (Å²) in [5, 5.41) is 10.4. The highest BCUT2D eigenvalue weighted by Crippen LogP contribution is 2.39. The largest absolute Gasteiger partial charge is 0.355 e. The van der Waals surface area contributed by atoms with Gasteiger partial charge < -0.3 is 9.80 Å². The summed E-state index contributed by atoms with van der Waals surface area (Å²) in [6.45, 7) is 3.97. The van der Waals surface area contributed by atoms with Gasteiger partial charge in [-0.05, 0) is 30.3 Å². The standard InChI is InChI=1S/C19H16BrN5S/c20-15-3-4-16-17(6-15)26-19(23-16)25-10-13-8-24(9-14(13)11-25)18-12(7-21)2-1-5-22-18/h1-6,13-14H,8-11H2. The Labute approximate surface area is 164 Å². The summed E-state index contributed by atoms with van der Waals surface area (Å²) in [6, 6.07) is 12.2. The van der Waals surface area contributed by atoms with Crippen molar-refractivity contribution in [2.24, 2.45) is 11.8 Å². The zero-order valence-electron chi connectivity index (χ0n) is 14.0. The molecule has 4 heterocycles. The quantitative estimate of drug-likeness (QED) is 0.622. The lowest BCUT2D eigenvalue weighted by atomic mass is 10.0. The Morgan fingerprint density at radius 1 is 1.12 bits per heavy atom. The molecule has 1 aromatic carbocycles. The molecule has 2 saturated heterocycles. The predicted molar refractivity (Wildman–Crippen MR) is 108 cm³/mol. The summed E-state index contributed by atoms with van der Waals surface area (Å²) >= 11 is 5.30. The van der Waals surface area contributed by atoms with E-state index in [2.05, 4.69) is 48.9 Å². The SMILES string of the molecule is N#Cc1cccnc1N1CC2CN(c3nc4ccc(Br)cc4s3)CC2C1. The number of nitriles is 1. The van der Waals surface area contributed by atoms with Gasteiger partial charge in [0.2, 0.25) is 0 Å². The van der Waals surface area contributed by atoms with Crippen LogP contribution in [0.3, 0.4) is 0 Å². The molecule has 7 heteroatoms. The summed E-state index contributed by atoms with van der Waals surface area (Å²) < 4.78 is 2.32. The van der Waals surface area contributed by atoms with E-state index in [1.165, 1.54) is 4.70 Å². The number of rotatable bonds is 2. The number of pyridine rings is 1. The molecule has 2 aliphatic rings. The van der Waals surface area contributed by atoms with Crippen molar-refractivity contribution in [3.8, 4) is 6.07 Å². The molecule has 3 aromatic rings. The van der Waals surface area contributed by atoms with E-state index in [9.17, 15) is 5.26 Å². The molecule has 2 aromatic heterocycles. The first-order chi connectivity index (χ1) is 12.7. The van der Waals surface area contributed by atoms with Gasteiger partial charge in [-0.2, -0.15) is 5.26 Å². The molecule has 0 radical (unpaired) electrons. The van der Waals surface area contributed by atoms with E-state index in [0.29, 0.717) is 17.4 Å². The Hall–Kier alpha value is -2.17. The van der Waals surface area contributed by atoms with Gasteiger partial charge in [0.25, 0.3) is 0 Å². The van der Waals surface area contributed by atoms with Crippen molar-refractivity contribution < 1.29 is 0 Å². The molecular weight excluding hydrogens is 410 g/mol. The van der Waals surface area contributed by atoms with Gasteiger partial charge in [-0.1, -0.05) is 27.3 Å². The van der Waals surface area contributed by atoms with E-state index >= 15 is 0 Å². The van der Waals surface area contributed by atoms with Crippen LogP contribution >= 0.6 is 27.3 Å². The maximum Gasteiger partial charge on any atom is 0.186 e. The number of benzene rings is 1. The second kappa shape index (κ2) is 6.22. The van der Waals surface area contributed by atoms with Crippen molar-refractivity contribution in [2.75, 3.05) is 36.0 Å². The van der Waals surface area contributed by atoms with Crippen LogP contribution in [-0.2, 0) is 0 Å². The summed E-state index contributed by atoms with van der Waals surface area (Å²) in [6.07, 6.45) is 1.77. The van der Waals surface area contributed by atoms with E-state index in [1.807, 2.05) is 18.2 Å². The first-order valence-corrected chi connectivity index (χ1v) is 10.2. The Bertz CT molecular complexity index is 1010. The molecule has 26 heavy (non-hydrogen) atoms. The molecule has 2 aliphatic heterocycles. The fourth-order valence-electron chi connectivity index (χ4n) is 4.08. The van der Waals surface area contributed by atoms with Crippen LogP contribution in [0.4, 0.5) is 10.9 Å². The number of nitrogens with zero attached hydrogens (tertiary/aromatic N) is 5. The number of hydrogen-bond acceptors (Lipinski definition) is 6. The van der Waals surface area contributed by atoms with E-state index in [4.69, 9.17) is 4.98 Å². The highest BCUT2D eigenvalue weighted by molar-refractivity contribution is 9.10. The molecule has 0 N–H and O–H groups in total. The van der Waals surface area contributed by atoms with E-state index in [-0.39, 0.29) is 0 Å². The number of fused-ring (bicyclic) bond motifs is 2. The first-order valence-electron chi connectivity index (χ1n) is 8.62. The summed E-state index contributed by atoms with van der Waals surface area (Å²) in [5.41, 5.74) is 1.74. The Morgan fingerprint density at radius 3 is 2.65 bits per heavy atom. The van der Waals surface area contributed by atoms with Gasteiger partial charge in [-0.25, -0.2) is 9.97 Å². The van der Waals surface area contributed by atoms with Crippen molar-refractivity contribution in [2.45, 2.75) is 0 Å². The predicted octanol–water partition coefficient (Wildman–Crippen LogP) is 3.90. The second-order valence-corrected chi connectivity index (χ2v) is 8.85. The van der Waals surface area contributed by atoms with E-state index < -0.39 is 0 Å². The van der Waals surface area contributed by atoms with Crippen molar-refractivity contribution in [1.82, 2.24) is 9.97 Å². The third kappa shape index (κ3) is 2.65. The van der Waals surface area contributed by atoms with Crippen LogP contribution in [-0.4, -0.2) is 36.1 Å². The molecule has 2 atom stereocenters. The topological polar surface area (TPSA) is 56.1 Å². The van der Waals surface area contributed by atoms with Crippen molar-refractivity contribution in [3.05, 3.63) is 46.6 Å². The van der Waals surface area contributed by atoms with Gasteiger partial charge in [-0.3, -0.25) is 0 Å². The zero-order chi connectivity index (χ0) is 17.7. The average molecular weight is 426 g/mol. The van der Waals surface area contributed by atoms with Crippen LogP contribution in [0, 0.1) is 23.2 Å². The first kappa shape index (κ1) is 16.0. The zero-order valence-corrected chi connectivity index (χ0v) is 16.4. The van der Waals surface area contributed by atoms with Gasteiger partial charge in [0.1, 0.15) is 11.9 Å². The molecule has 2 unspecified atom stereocenters. The minimum absolute atomic E-state index is 0.599. The Morgan fingerprint density at radius 2 is 1.88 bits per heavy atom. The van der Waals surface area contributed by atoms with Crippen LogP contribution in [0.5, 0.6) is 0 Å². The van der Waals surface area contributed by atoms with Gasteiger partial charge in [-0.15, -0.1) is 0 Å². The highest BCUT2D eigenvalue weighted by Gasteiger charge is 2.41. The molecule has 0 bridgehead atoms. The monoisotopic (exact) mass is 425 g/mol. The molecule has 130 valence electrons. The fourth-order valence-corrected chi connectivity index (χ4v) is 5.62. The van der Waals surface area contributed by atoms with E-state index in [0.717, 1.165) is 47.1 Å². The maximum atomic E-state index is 9.33. The maximum absolute atomic E-state index is 9.33. The van der Waals surface area contributed by atoms with Crippen LogP contribution in [0.2, 0.25) is 0 Å². The molecule has 0 aliphatic carbocycles. The van der Waals surface area contributed by atoms with Gasteiger partial charge >= 0.3 is 0 Å². The minimum atomic E-state index is 0.599. The summed E-state index contributed by atoms with van der Waals surface area (Å²) in [4.78, 5) is 14.0. The van der Waals surface area contributed by atoms with Crippen LogP contribution in [0.15, 0.2) is 41.0 Å².